The summed E-state index contributed by atoms with van der Waals surface area (Å²) in [6, 6.07) is 3.37. The molecule has 0 saturated heterocycles. The summed E-state index contributed by atoms with van der Waals surface area (Å²) in [5.41, 5.74) is -0.414. The number of carbonyl (C=O) groups excluding carboxylic acids is 2. The second kappa shape index (κ2) is 7.57. The molecule has 1 rings (SSSR count). The van der Waals surface area contributed by atoms with Gasteiger partial charge in [-0.05, 0) is 18.6 Å². The third kappa shape index (κ3) is 4.29. The number of hydrogen-bond acceptors (Lipinski definition) is 2. The fourth-order valence-corrected chi connectivity index (χ4v) is 1.74. The van der Waals surface area contributed by atoms with E-state index in [2.05, 4.69) is 5.32 Å². The molecule has 0 aliphatic rings. The molecule has 4 nitrogen and oxygen atoms in total. The van der Waals surface area contributed by atoms with Gasteiger partial charge in [-0.15, -0.1) is 0 Å². The first-order chi connectivity index (χ1) is 9.47. The molecule has 0 fully saturated rings. The summed E-state index contributed by atoms with van der Waals surface area (Å²) >= 11 is 0. The van der Waals surface area contributed by atoms with E-state index >= 15 is 0 Å². The van der Waals surface area contributed by atoms with E-state index in [1.807, 2.05) is 6.92 Å². The van der Waals surface area contributed by atoms with Crippen LogP contribution in [0.1, 0.15) is 26.7 Å². The minimum Gasteiger partial charge on any atom is -0.356 e. The second-order valence-corrected chi connectivity index (χ2v) is 4.34. The lowest BCUT2D eigenvalue weighted by Gasteiger charge is -2.22. The molecule has 0 aromatic heterocycles. The highest BCUT2D eigenvalue weighted by Crippen LogP contribution is 2.23. The van der Waals surface area contributed by atoms with Crippen LogP contribution in [-0.4, -0.2) is 24.9 Å². The average Bonchev–Trinajstić information content (AvgIpc) is 2.39. The summed E-state index contributed by atoms with van der Waals surface area (Å²) in [4.78, 5) is 24.0. The minimum absolute atomic E-state index is 0.00659. The van der Waals surface area contributed by atoms with Crippen molar-refractivity contribution in [2.24, 2.45) is 0 Å². The van der Waals surface area contributed by atoms with Gasteiger partial charge in [-0.1, -0.05) is 13.0 Å². The number of hydrogen-bond donors (Lipinski definition) is 1. The van der Waals surface area contributed by atoms with Gasteiger partial charge in [0.25, 0.3) is 0 Å². The number of anilines is 1. The van der Waals surface area contributed by atoms with E-state index in [1.165, 1.54) is 13.0 Å². The third-order valence-corrected chi connectivity index (χ3v) is 2.72. The maximum Gasteiger partial charge on any atom is 0.224 e. The average molecular weight is 284 g/mol. The molecule has 0 heterocycles. The zero-order valence-electron chi connectivity index (χ0n) is 11.6. The molecule has 0 aliphatic heterocycles. The topological polar surface area (TPSA) is 49.4 Å². The van der Waals surface area contributed by atoms with Gasteiger partial charge >= 0.3 is 0 Å². The van der Waals surface area contributed by atoms with Crippen LogP contribution < -0.4 is 10.2 Å². The van der Waals surface area contributed by atoms with E-state index in [4.69, 9.17) is 0 Å². The van der Waals surface area contributed by atoms with Crippen LogP contribution in [0.2, 0.25) is 0 Å². The molecule has 0 aliphatic carbocycles. The van der Waals surface area contributed by atoms with Crippen LogP contribution in [0.25, 0.3) is 0 Å². The lowest BCUT2D eigenvalue weighted by atomic mass is 10.2. The van der Waals surface area contributed by atoms with Crippen molar-refractivity contribution in [3.05, 3.63) is 29.8 Å². The number of para-hydroxylation sites is 1. The summed E-state index contributed by atoms with van der Waals surface area (Å²) in [6.07, 6.45) is 0.789. The molecular formula is C14H18F2N2O2. The number of nitrogens with one attached hydrogen (secondary N) is 1. The van der Waals surface area contributed by atoms with Crippen LogP contribution >= 0.6 is 0 Å². The monoisotopic (exact) mass is 284 g/mol. The highest BCUT2D eigenvalue weighted by Gasteiger charge is 2.20. The van der Waals surface area contributed by atoms with Crippen LogP contribution in [0.15, 0.2) is 18.2 Å². The van der Waals surface area contributed by atoms with Crippen LogP contribution in [0.3, 0.4) is 0 Å². The van der Waals surface area contributed by atoms with Crippen molar-refractivity contribution >= 4 is 17.5 Å². The molecule has 6 heteroatoms. The molecule has 1 aromatic rings. The molecule has 0 bridgehead atoms. The van der Waals surface area contributed by atoms with Gasteiger partial charge < -0.3 is 10.2 Å². The van der Waals surface area contributed by atoms with Gasteiger partial charge in [-0.3, -0.25) is 9.59 Å². The van der Waals surface area contributed by atoms with E-state index in [-0.39, 0.29) is 18.9 Å². The molecule has 0 saturated carbocycles. The van der Waals surface area contributed by atoms with Gasteiger partial charge in [-0.25, -0.2) is 8.78 Å². The molecule has 1 aromatic carbocycles. The molecule has 0 unspecified atom stereocenters. The van der Waals surface area contributed by atoms with Gasteiger partial charge in [0, 0.05) is 26.4 Å². The number of halogens is 2. The Morgan fingerprint density at radius 3 is 2.35 bits per heavy atom. The fraction of sp³-hybridized carbons (Fsp3) is 0.429. The van der Waals surface area contributed by atoms with Crippen molar-refractivity contribution in [1.82, 2.24) is 5.32 Å². The van der Waals surface area contributed by atoms with E-state index in [1.54, 1.807) is 0 Å². The molecule has 0 spiro atoms. The predicted octanol–water partition coefficient (Wildman–Crippen LogP) is 2.23. The van der Waals surface area contributed by atoms with Crippen molar-refractivity contribution in [1.29, 1.82) is 0 Å². The Labute approximate surface area is 116 Å². The molecule has 0 radical (unpaired) electrons. The predicted molar refractivity (Wildman–Crippen MR) is 72.3 cm³/mol. The van der Waals surface area contributed by atoms with Crippen molar-refractivity contribution in [2.45, 2.75) is 26.7 Å². The van der Waals surface area contributed by atoms with Crippen molar-refractivity contribution < 1.29 is 18.4 Å². The van der Waals surface area contributed by atoms with E-state index < -0.39 is 23.2 Å². The van der Waals surface area contributed by atoms with Gasteiger partial charge in [0.05, 0.1) is 0 Å². The Kier molecular flexibility index (Phi) is 6.09. The zero-order valence-corrected chi connectivity index (χ0v) is 11.6. The summed E-state index contributed by atoms with van der Waals surface area (Å²) in [5, 5.41) is 2.64. The van der Waals surface area contributed by atoms with Gasteiger partial charge in [0.1, 0.15) is 17.3 Å². The van der Waals surface area contributed by atoms with Crippen molar-refractivity contribution in [2.75, 3.05) is 18.0 Å². The Balaban J connectivity index is 2.80. The summed E-state index contributed by atoms with van der Waals surface area (Å²) in [6.45, 7) is 3.59. The van der Waals surface area contributed by atoms with Crippen LogP contribution in [0.4, 0.5) is 14.5 Å². The lowest BCUT2D eigenvalue weighted by molar-refractivity contribution is -0.121. The first-order valence-corrected chi connectivity index (χ1v) is 6.46. The first kappa shape index (κ1) is 16.1. The fourth-order valence-electron chi connectivity index (χ4n) is 1.74. The first-order valence-electron chi connectivity index (χ1n) is 6.46. The SMILES string of the molecule is CCCNC(=O)CCN(C(C)=O)c1c(F)cccc1F. The highest BCUT2D eigenvalue weighted by molar-refractivity contribution is 5.92. The van der Waals surface area contributed by atoms with Crippen molar-refractivity contribution in [3.63, 3.8) is 0 Å². The quantitative estimate of drug-likeness (QED) is 0.871. The summed E-state index contributed by atoms with van der Waals surface area (Å²) in [7, 11) is 0. The number of amides is 2. The summed E-state index contributed by atoms with van der Waals surface area (Å²) < 4.78 is 27.3. The normalized spacial score (nSPS) is 10.2. The number of carbonyl (C=O) groups is 2. The molecule has 1 N–H and O–H groups in total. The van der Waals surface area contributed by atoms with Crippen LogP contribution in [0.5, 0.6) is 0 Å². The maximum atomic E-state index is 13.7. The number of rotatable bonds is 6. The van der Waals surface area contributed by atoms with Gasteiger partial charge in [0.2, 0.25) is 11.8 Å². The Hall–Kier alpha value is -1.98. The van der Waals surface area contributed by atoms with Crippen LogP contribution in [0, 0.1) is 11.6 Å². The smallest absolute Gasteiger partial charge is 0.224 e. The van der Waals surface area contributed by atoms with Crippen molar-refractivity contribution in [3.8, 4) is 0 Å². The summed E-state index contributed by atoms with van der Waals surface area (Å²) in [5.74, 6) is -2.42. The lowest BCUT2D eigenvalue weighted by Crippen LogP contribution is -2.35. The number of nitrogens with zero attached hydrogens (tertiary/aromatic N) is 1. The van der Waals surface area contributed by atoms with Crippen LogP contribution in [-0.2, 0) is 9.59 Å². The van der Waals surface area contributed by atoms with Gasteiger partial charge in [-0.2, -0.15) is 0 Å². The Morgan fingerprint density at radius 1 is 1.25 bits per heavy atom. The molecule has 110 valence electrons. The van der Waals surface area contributed by atoms with E-state index in [9.17, 15) is 18.4 Å². The van der Waals surface area contributed by atoms with E-state index in [0.717, 1.165) is 23.5 Å². The minimum atomic E-state index is -0.825. The molecule has 2 amide bonds. The maximum absolute atomic E-state index is 13.7. The highest BCUT2D eigenvalue weighted by atomic mass is 19.1. The third-order valence-electron chi connectivity index (χ3n) is 2.72. The molecule has 0 atom stereocenters. The largest absolute Gasteiger partial charge is 0.356 e. The molecule has 20 heavy (non-hydrogen) atoms. The Bertz CT molecular complexity index is 472. The van der Waals surface area contributed by atoms with Gasteiger partial charge in [0.15, 0.2) is 0 Å². The Morgan fingerprint density at radius 2 is 1.85 bits per heavy atom. The second-order valence-electron chi connectivity index (χ2n) is 4.34. The standard InChI is InChI=1S/C14H18F2N2O2/c1-3-8-17-13(20)7-9-18(10(2)19)14-11(15)5-4-6-12(14)16/h4-6H,3,7-9H2,1-2H3,(H,17,20). The molecular weight excluding hydrogens is 266 g/mol. The zero-order chi connectivity index (χ0) is 15.1. The number of benzene rings is 1. The van der Waals surface area contributed by atoms with E-state index in [0.29, 0.717) is 6.54 Å².